The molecule has 0 fully saturated rings. The van der Waals surface area contributed by atoms with Crippen molar-refractivity contribution in [2.24, 2.45) is 0 Å². The van der Waals surface area contributed by atoms with Crippen molar-refractivity contribution < 1.29 is 13.2 Å². The van der Waals surface area contributed by atoms with E-state index in [1.54, 1.807) is 12.1 Å². The number of Topliss-reactive ketones (excluding diaryl/α,β-unsaturated/α-hetero) is 1. The average molecular weight is 281 g/mol. The molecule has 1 aromatic heterocycles. The van der Waals surface area contributed by atoms with Gasteiger partial charge >= 0.3 is 0 Å². The Morgan fingerprint density at radius 3 is 2.62 bits per heavy atom. The SMILES string of the molecule is CCCCS(=O)(=O)CC(=O)c1ccc(Cl)s1. The fourth-order valence-corrected chi connectivity index (χ4v) is 3.67. The average Bonchev–Trinajstić information content (AvgIpc) is 2.61. The molecule has 0 aromatic carbocycles. The van der Waals surface area contributed by atoms with Gasteiger partial charge in [0.05, 0.1) is 15.0 Å². The fourth-order valence-electron chi connectivity index (χ4n) is 1.17. The number of rotatable bonds is 6. The largest absolute Gasteiger partial charge is 0.292 e. The fraction of sp³-hybridized carbons (Fsp3) is 0.500. The van der Waals surface area contributed by atoms with Gasteiger partial charge in [-0.1, -0.05) is 24.9 Å². The summed E-state index contributed by atoms with van der Waals surface area (Å²) in [6.45, 7) is 1.91. The van der Waals surface area contributed by atoms with Gasteiger partial charge in [-0.3, -0.25) is 4.79 Å². The molecule has 0 radical (unpaired) electrons. The van der Waals surface area contributed by atoms with E-state index in [0.717, 1.165) is 17.8 Å². The molecular formula is C10H13ClO3S2. The molecular weight excluding hydrogens is 268 g/mol. The predicted molar refractivity (Wildman–Crippen MR) is 67.2 cm³/mol. The van der Waals surface area contributed by atoms with Crippen LogP contribution in [0.2, 0.25) is 4.34 Å². The number of hydrogen-bond acceptors (Lipinski definition) is 4. The van der Waals surface area contributed by atoms with Crippen molar-refractivity contribution >= 4 is 38.6 Å². The summed E-state index contributed by atoms with van der Waals surface area (Å²) in [6, 6.07) is 3.16. The zero-order valence-electron chi connectivity index (χ0n) is 8.90. The minimum Gasteiger partial charge on any atom is -0.292 e. The van der Waals surface area contributed by atoms with Crippen LogP contribution in [0.15, 0.2) is 12.1 Å². The van der Waals surface area contributed by atoms with E-state index in [2.05, 4.69) is 0 Å². The second kappa shape index (κ2) is 5.80. The van der Waals surface area contributed by atoms with E-state index in [-0.39, 0.29) is 11.5 Å². The molecule has 0 bridgehead atoms. The lowest BCUT2D eigenvalue weighted by Crippen LogP contribution is -2.18. The summed E-state index contributed by atoms with van der Waals surface area (Å²) in [5.74, 6) is -0.703. The Morgan fingerprint density at radius 1 is 1.44 bits per heavy atom. The van der Waals surface area contributed by atoms with Crippen LogP contribution in [0.4, 0.5) is 0 Å². The minimum atomic E-state index is -3.27. The Hall–Kier alpha value is -0.390. The van der Waals surface area contributed by atoms with Gasteiger partial charge in [-0.05, 0) is 18.6 Å². The Labute approximate surface area is 104 Å². The summed E-state index contributed by atoms with van der Waals surface area (Å²) < 4.78 is 23.6. The van der Waals surface area contributed by atoms with Gasteiger partial charge in [0, 0.05) is 0 Å². The molecule has 0 saturated carbocycles. The lowest BCUT2D eigenvalue weighted by Gasteiger charge is -2.01. The predicted octanol–water partition coefficient (Wildman–Crippen LogP) is 2.80. The molecule has 0 spiro atoms. The number of unbranched alkanes of at least 4 members (excludes halogenated alkanes) is 1. The molecule has 0 aliphatic rings. The van der Waals surface area contributed by atoms with E-state index >= 15 is 0 Å². The van der Waals surface area contributed by atoms with Crippen molar-refractivity contribution in [1.82, 2.24) is 0 Å². The van der Waals surface area contributed by atoms with Gasteiger partial charge in [-0.25, -0.2) is 8.42 Å². The van der Waals surface area contributed by atoms with Crippen molar-refractivity contribution in [3.63, 3.8) is 0 Å². The molecule has 0 N–H and O–H groups in total. The zero-order valence-corrected chi connectivity index (χ0v) is 11.3. The van der Waals surface area contributed by atoms with Crippen LogP contribution in [0.25, 0.3) is 0 Å². The molecule has 16 heavy (non-hydrogen) atoms. The topological polar surface area (TPSA) is 51.2 Å². The number of sulfone groups is 1. The molecule has 1 rings (SSSR count). The maximum atomic E-state index is 11.6. The van der Waals surface area contributed by atoms with E-state index in [0.29, 0.717) is 15.6 Å². The summed E-state index contributed by atoms with van der Waals surface area (Å²) in [6.07, 6.45) is 1.40. The standard InChI is InChI=1S/C10H13ClO3S2/c1-2-3-6-16(13,14)7-8(12)9-4-5-10(11)15-9/h4-5H,2-3,6-7H2,1H3. The van der Waals surface area contributed by atoms with Gasteiger partial charge in [0.25, 0.3) is 0 Å². The zero-order chi connectivity index (χ0) is 12.2. The third kappa shape index (κ3) is 4.23. The van der Waals surface area contributed by atoms with Crippen molar-refractivity contribution in [2.45, 2.75) is 19.8 Å². The van der Waals surface area contributed by atoms with Crippen LogP contribution in [0.1, 0.15) is 29.4 Å². The van der Waals surface area contributed by atoms with Crippen LogP contribution in [-0.2, 0) is 9.84 Å². The van der Waals surface area contributed by atoms with E-state index in [4.69, 9.17) is 11.6 Å². The first-order valence-electron chi connectivity index (χ1n) is 4.93. The molecule has 1 heterocycles. The molecule has 3 nitrogen and oxygen atoms in total. The molecule has 6 heteroatoms. The smallest absolute Gasteiger partial charge is 0.187 e. The van der Waals surface area contributed by atoms with Crippen LogP contribution in [-0.4, -0.2) is 25.7 Å². The van der Waals surface area contributed by atoms with Crippen LogP contribution >= 0.6 is 22.9 Å². The Bertz CT molecular complexity index is 462. The molecule has 0 aliphatic carbocycles. The first-order valence-corrected chi connectivity index (χ1v) is 7.95. The maximum absolute atomic E-state index is 11.6. The van der Waals surface area contributed by atoms with Gasteiger partial charge in [-0.2, -0.15) is 0 Å². The first-order chi connectivity index (χ1) is 7.44. The number of ketones is 1. The Morgan fingerprint density at radius 2 is 2.12 bits per heavy atom. The summed E-state index contributed by atoms with van der Waals surface area (Å²) in [5, 5.41) is 0. The van der Waals surface area contributed by atoms with Gasteiger partial charge in [0.1, 0.15) is 5.75 Å². The van der Waals surface area contributed by atoms with Gasteiger partial charge < -0.3 is 0 Å². The quantitative estimate of drug-likeness (QED) is 0.753. The van der Waals surface area contributed by atoms with E-state index < -0.39 is 15.6 Å². The molecule has 0 amide bonds. The normalized spacial score (nSPS) is 11.6. The van der Waals surface area contributed by atoms with Crippen molar-refractivity contribution in [1.29, 1.82) is 0 Å². The highest BCUT2D eigenvalue weighted by Gasteiger charge is 2.18. The maximum Gasteiger partial charge on any atom is 0.187 e. The number of hydrogen-bond donors (Lipinski definition) is 0. The monoisotopic (exact) mass is 280 g/mol. The summed E-state index contributed by atoms with van der Waals surface area (Å²) >= 11 is 6.79. The second-order valence-electron chi connectivity index (χ2n) is 3.47. The van der Waals surface area contributed by atoms with Crippen molar-refractivity contribution in [3.05, 3.63) is 21.3 Å². The third-order valence-electron chi connectivity index (χ3n) is 2.01. The Balaban J connectivity index is 2.64. The van der Waals surface area contributed by atoms with Gasteiger partial charge in [0.15, 0.2) is 15.6 Å². The summed E-state index contributed by atoms with van der Waals surface area (Å²) in [7, 11) is -3.27. The van der Waals surface area contributed by atoms with Crippen LogP contribution in [0.3, 0.4) is 0 Å². The van der Waals surface area contributed by atoms with E-state index in [1.807, 2.05) is 6.92 Å². The molecule has 1 aromatic rings. The molecule has 0 unspecified atom stereocenters. The van der Waals surface area contributed by atoms with Crippen molar-refractivity contribution in [2.75, 3.05) is 11.5 Å². The second-order valence-corrected chi connectivity index (χ2v) is 7.37. The summed E-state index contributed by atoms with van der Waals surface area (Å²) in [5.41, 5.74) is 0. The first kappa shape index (κ1) is 13.7. The lowest BCUT2D eigenvalue weighted by atomic mass is 10.4. The summed E-state index contributed by atoms with van der Waals surface area (Å²) in [4.78, 5) is 12.0. The molecule has 0 saturated heterocycles. The van der Waals surface area contributed by atoms with Gasteiger partial charge in [0.2, 0.25) is 0 Å². The molecule has 0 aliphatic heterocycles. The third-order valence-corrected chi connectivity index (χ3v) is 4.89. The van der Waals surface area contributed by atoms with Crippen LogP contribution < -0.4 is 0 Å². The van der Waals surface area contributed by atoms with E-state index in [1.165, 1.54) is 0 Å². The van der Waals surface area contributed by atoms with Crippen LogP contribution in [0, 0.1) is 0 Å². The number of carbonyl (C=O) groups excluding carboxylic acids is 1. The highest BCUT2D eigenvalue weighted by atomic mass is 35.5. The van der Waals surface area contributed by atoms with Gasteiger partial charge in [-0.15, -0.1) is 11.3 Å². The minimum absolute atomic E-state index is 0.0777. The van der Waals surface area contributed by atoms with E-state index in [9.17, 15) is 13.2 Å². The number of halogens is 1. The molecule has 0 atom stereocenters. The highest BCUT2D eigenvalue weighted by molar-refractivity contribution is 7.92. The number of carbonyl (C=O) groups is 1. The number of thiophene rings is 1. The Kier molecular flexibility index (Phi) is 4.95. The lowest BCUT2D eigenvalue weighted by molar-refractivity contribution is 0.102. The van der Waals surface area contributed by atoms with Crippen LogP contribution in [0.5, 0.6) is 0 Å². The highest BCUT2D eigenvalue weighted by Crippen LogP contribution is 2.22. The molecule has 90 valence electrons. The van der Waals surface area contributed by atoms with Crippen molar-refractivity contribution in [3.8, 4) is 0 Å².